The molecule has 0 bridgehead atoms. The van der Waals surface area contributed by atoms with Crippen LogP contribution in [0.4, 0.5) is 42.1 Å². The van der Waals surface area contributed by atoms with E-state index in [2.05, 4.69) is 4.72 Å². The maximum absolute atomic E-state index is 14.7. The Labute approximate surface area is 376 Å². The number of aryl methyl sites for hydroxylation is 1. The second kappa shape index (κ2) is 19.9. The largest absolute Gasteiger partial charge is 0.394 e. The number of sulfonamides is 2. The second-order valence-corrected chi connectivity index (χ2v) is 21.5. The van der Waals surface area contributed by atoms with E-state index in [0.717, 1.165) is 12.1 Å². The fourth-order valence-electron chi connectivity index (χ4n) is 6.67. The lowest BCUT2D eigenvalue weighted by Crippen LogP contribution is -2.35. The Morgan fingerprint density at radius 2 is 0.984 bits per heavy atom. The van der Waals surface area contributed by atoms with Crippen molar-refractivity contribution in [3.05, 3.63) is 124 Å². The molecule has 0 aliphatic heterocycles. The minimum absolute atomic E-state index is 0. The Balaban J connectivity index is 0.000000264. The molecule has 0 heterocycles. The zero-order valence-electron chi connectivity index (χ0n) is 31.5. The van der Waals surface area contributed by atoms with Crippen molar-refractivity contribution in [2.24, 2.45) is 0 Å². The highest BCUT2D eigenvalue weighted by atomic mass is 127. The van der Waals surface area contributed by atoms with Crippen LogP contribution in [0.25, 0.3) is 0 Å². The molecule has 0 saturated heterocycles. The van der Waals surface area contributed by atoms with Gasteiger partial charge in [-0.15, -0.1) is 0 Å². The van der Waals surface area contributed by atoms with E-state index in [1.54, 1.807) is 6.07 Å². The van der Waals surface area contributed by atoms with E-state index in [0.29, 0.717) is 7.14 Å². The fourth-order valence-corrected chi connectivity index (χ4v) is 11.2. The van der Waals surface area contributed by atoms with Crippen molar-refractivity contribution in [3.8, 4) is 0 Å². The monoisotopic (exact) mass is 1130 g/mol. The van der Waals surface area contributed by atoms with Crippen molar-refractivity contribution in [2.75, 3.05) is 22.7 Å². The zero-order valence-corrected chi connectivity index (χ0v) is 37.4. The van der Waals surface area contributed by atoms with Crippen LogP contribution in [0.15, 0.2) is 48.5 Å². The van der Waals surface area contributed by atoms with Gasteiger partial charge in [-0.3, -0.25) is 9.44 Å². The van der Waals surface area contributed by atoms with Gasteiger partial charge in [0, 0.05) is 37.2 Å². The van der Waals surface area contributed by atoms with Gasteiger partial charge in [0.15, 0.2) is 29.1 Å². The molecule has 2 aliphatic rings. The standard InChI is InChI=1S/C20H21F3INO4S.C19H18F4INO4S.CH4/c1-11-6-17(22)18(23)15(7-12-2-3-13(24)8-16(12)21)19(11)25-30(28,29)20(4-5-20)9-14(27)10-26;20-14-6-11(24)2-1-10(14)5-13-17(23)15(21)7-16(22)18(13)25-30(28,29)19(3-4-19)8-12(27)9-26;/h2-3,6,8,14,25-27H,4-5,7,9-10H2,1H3;1-2,6-7,12,25-27H,3-5,8-9H2;1H4. The van der Waals surface area contributed by atoms with Crippen molar-refractivity contribution in [1.29, 1.82) is 0 Å². The van der Waals surface area contributed by atoms with E-state index in [1.807, 2.05) is 49.9 Å². The lowest BCUT2D eigenvalue weighted by Gasteiger charge is -2.23. The summed E-state index contributed by atoms with van der Waals surface area (Å²) < 4.78 is 155. The van der Waals surface area contributed by atoms with Crippen molar-refractivity contribution < 1.29 is 68.0 Å². The van der Waals surface area contributed by atoms with Gasteiger partial charge < -0.3 is 20.4 Å². The Morgan fingerprint density at radius 3 is 1.36 bits per heavy atom. The average Bonchev–Trinajstić information content (AvgIpc) is 4.12. The Morgan fingerprint density at radius 1 is 0.607 bits per heavy atom. The molecule has 0 aromatic heterocycles. The normalized spacial score (nSPS) is 16.1. The van der Waals surface area contributed by atoms with Gasteiger partial charge in [0.05, 0.1) is 46.3 Å². The molecule has 2 fully saturated rings. The number of aliphatic hydroxyl groups excluding tert-OH is 4. The third kappa shape index (κ3) is 11.5. The molecular weight excluding hydrogens is 1090 g/mol. The quantitative estimate of drug-likeness (QED) is 0.0376. The molecule has 10 nitrogen and oxygen atoms in total. The van der Waals surface area contributed by atoms with Crippen molar-refractivity contribution in [3.63, 3.8) is 0 Å². The number of nitrogens with one attached hydrogen (secondary N) is 2. The predicted octanol–water partition coefficient (Wildman–Crippen LogP) is 7.72. The summed E-state index contributed by atoms with van der Waals surface area (Å²) >= 11 is 3.78. The van der Waals surface area contributed by atoms with E-state index >= 15 is 0 Å². The van der Waals surface area contributed by atoms with Gasteiger partial charge in [-0.2, -0.15) is 0 Å². The Kier molecular flexibility index (Phi) is 16.6. The lowest BCUT2D eigenvalue weighted by atomic mass is 9.99. The van der Waals surface area contributed by atoms with Crippen LogP contribution in [0.5, 0.6) is 0 Å². The summed E-state index contributed by atoms with van der Waals surface area (Å²) in [5.41, 5.74) is -1.75. The number of hydrogen-bond donors (Lipinski definition) is 6. The average molecular weight is 1130 g/mol. The molecule has 61 heavy (non-hydrogen) atoms. The van der Waals surface area contributed by atoms with E-state index in [4.69, 9.17) is 10.2 Å². The molecule has 21 heteroatoms. The minimum atomic E-state index is -4.34. The summed E-state index contributed by atoms with van der Waals surface area (Å²) in [6.45, 7) is 0.184. The minimum Gasteiger partial charge on any atom is -0.394 e. The molecule has 0 amide bonds. The molecule has 4 aromatic rings. The summed E-state index contributed by atoms with van der Waals surface area (Å²) in [5, 5.41) is 37.4. The van der Waals surface area contributed by atoms with Gasteiger partial charge in [0.2, 0.25) is 20.0 Å². The molecule has 0 spiro atoms. The van der Waals surface area contributed by atoms with Crippen LogP contribution >= 0.6 is 45.2 Å². The van der Waals surface area contributed by atoms with E-state index < -0.39 is 113 Å². The zero-order chi connectivity index (χ0) is 44.5. The van der Waals surface area contributed by atoms with Gasteiger partial charge in [0.1, 0.15) is 11.6 Å². The highest BCUT2D eigenvalue weighted by Crippen LogP contribution is 2.49. The molecule has 4 aromatic carbocycles. The molecule has 2 saturated carbocycles. The number of benzene rings is 4. The summed E-state index contributed by atoms with van der Waals surface area (Å²) in [4.78, 5) is 0. The molecule has 2 unspecified atom stereocenters. The van der Waals surface area contributed by atoms with Crippen molar-refractivity contribution in [2.45, 2.75) is 87.4 Å². The lowest BCUT2D eigenvalue weighted by molar-refractivity contribution is 0.0858. The van der Waals surface area contributed by atoms with E-state index in [1.165, 1.54) is 31.2 Å². The van der Waals surface area contributed by atoms with Crippen LogP contribution in [0.2, 0.25) is 0 Å². The third-order valence-electron chi connectivity index (χ3n) is 10.4. The third-order valence-corrected chi connectivity index (χ3v) is 16.1. The van der Waals surface area contributed by atoms with Crippen LogP contribution in [0.3, 0.4) is 0 Å². The first kappa shape index (κ1) is 50.8. The molecule has 336 valence electrons. The van der Waals surface area contributed by atoms with Gasteiger partial charge >= 0.3 is 0 Å². The summed E-state index contributed by atoms with van der Waals surface area (Å²) in [5.74, 6) is -8.13. The first-order valence-electron chi connectivity index (χ1n) is 18.1. The predicted molar refractivity (Wildman–Crippen MR) is 232 cm³/mol. The van der Waals surface area contributed by atoms with Gasteiger partial charge in [-0.1, -0.05) is 19.6 Å². The number of halogens is 9. The maximum Gasteiger partial charge on any atom is 0.238 e. The van der Waals surface area contributed by atoms with Crippen LogP contribution in [-0.2, 0) is 32.9 Å². The van der Waals surface area contributed by atoms with E-state index in [9.17, 15) is 57.8 Å². The maximum atomic E-state index is 14.7. The molecule has 6 N–H and O–H groups in total. The second-order valence-electron chi connectivity index (χ2n) is 14.8. The van der Waals surface area contributed by atoms with Gasteiger partial charge in [-0.25, -0.2) is 47.6 Å². The highest BCUT2D eigenvalue weighted by Gasteiger charge is 2.56. The number of hydrogen-bond acceptors (Lipinski definition) is 8. The van der Waals surface area contributed by atoms with Crippen LogP contribution in [0.1, 0.15) is 73.8 Å². The molecule has 0 radical (unpaired) electrons. The molecule has 2 atom stereocenters. The van der Waals surface area contributed by atoms with Crippen molar-refractivity contribution >= 4 is 76.6 Å². The SMILES string of the molecule is C.Cc1cc(F)c(F)c(Cc2ccc(I)cc2F)c1NS(=O)(=O)C1(CC(O)CO)CC1.O=S(=O)(Nc1c(F)cc(F)c(F)c1Cc1ccc(I)cc1F)C1(CC(O)CO)CC1. The summed E-state index contributed by atoms with van der Waals surface area (Å²) in [7, 11) is -8.43. The molecule has 2 aliphatic carbocycles. The van der Waals surface area contributed by atoms with Crippen molar-refractivity contribution in [1.82, 2.24) is 0 Å². The van der Waals surface area contributed by atoms with Crippen LogP contribution in [0, 0.1) is 54.8 Å². The van der Waals surface area contributed by atoms with Gasteiger partial charge in [-0.05, 0) is 138 Å². The molecular formula is C40H43F7I2N2O8S2. The van der Waals surface area contributed by atoms with E-state index in [-0.39, 0.29) is 86.4 Å². The first-order chi connectivity index (χ1) is 28.0. The fraction of sp³-hybridized carbons (Fsp3) is 0.400. The molecule has 6 rings (SSSR count). The highest BCUT2D eigenvalue weighted by molar-refractivity contribution is 14.1. The summed E-state index contributed by atoms with van der Waals surface area (Å²) in [6.07, 6.45) is -3.11. The van der Waals surface area contributed by atoms with Gasteiger partial charge in [0.25, 0.3) is 0 Å². The summed E-state index contributed by atoms with van der Waals surface area (Å²) in [6, 6.07) is 9.38. The smallest absolute Gasteiger partial charge is 0.238 e. The topological polar surface area (TPSA) is 173 Å². The Bertz CT molecular complexity index is 2320. The number of aliphatic hydroxyl groups is 4. The van der Waals surface area contributed by atoms with Crippen LogP contribution in [-0.4, -0.2) is 72.2 Å². The number of anilines is 2. The number of rotatable bonds is 16. The Hall–Kier alpha value is -2.81. The van der Waals surface area contributed by atoms with Crippen LogP contribution < -0.4 is 9.44 Å². The first-order valence-corrected chi connectivity index (χ1v) is 23.3.